The highest BCUT2D eigenvalue weighted by atomic mass is 32.2. The fraction of sp³-hybridized carbons (Fsp3) is 0.240. The Hall–Kier alpha value is -3.12. The lowest BCUT2D eigenvalue weighted by Gasteiger charge is -2.28. The van der Waals surface area contributed by atoms with E-state index in [1.807, 2.05) is 72.5 Å². The van der Waals surface area contributed by atoms with Crippen molar-refractivity contribution in [1.29, 1.82) is 0 Å². The molecule has 0 saturated carbocycles. The number of hydrogen-bond donors (Lipinski definition) is 0. The van der Waals surface area contributed by atoms with E-state index in [4.69, 9.17) is 0 Å². The first-order valence-corrected chi connectivity index (χ1v) is 12.0. The number of anilines is 2. The Balaban J connectivity index is 1.63. The molecule has 5 rings (SSSR count). The van der Waals surface area contributed by atoms with Gasteiger partial charge < -0.3 is 4.90 Å². The smallest absolute Gasteiger partial charge is 0.264 e. The Morgan fingerprint density at radius 1 is 1.00 bits per heavy atom. The number of sulfonamides is 1. The molecule has 1 unspecified atom stereocenters. The highest BCUT2D eigenvalue weighted by Gasteiger charge is 2.39. The van der Waals surface area contributed by atoms with Crippen molar-refractivity contribution in [3.8, 4) is 0 Å². The number of benzene rings is 3. The molecule has 2 heterocycles. The molecule has 0 N–H and O–H groups in total. The van der Waals surface area contributed by atoms with Crippen molar-refractivity contribution in [3.05, 3.63) is 89.5 Å². The van der Waals surface area contributed by atoms with E-state index < -0.39 is 10.0 Å². The fourth-order valence-electron chi connectivity index (χ4n) is 4.60. The van der Waals surface area contributed by atoms with Crippen LogP contribution in [0, 0.1) is 0 Å². The van der Waals surface area contributed by atoms with Gasteiger partial charge in [0.25, 0.3) is 10.0 Å². The van der Waals surface area contributed by atoms with Crippen molar-refractivity contribution in [3.63, 3.8) is 0 Å². The second-order valence-electron chi connectivity index (χ2n) is 8.17. The van der Waals surface area contributed by atoms with E-state index in [-0.39, 0.29) is 23.3 Å². The zero-order chi connectivity index (χ0) is 21.6. The van der Waals surface area contributed by atoms with E-state index in [1.165, 1.54) is 4.31 Å². The number of carbonyl (C=O) groups is 1. The van der Waals surface area contributed by atoms with Crippen LogP contribution in [0.5, 0.6) is 0 Å². The number of rotatable bonds is 5. The topological polar surface area (TPSA) is 57.7 Å². The molecule has 5 nitrogen and oxygen atoms in total. The van der Waals surface area contributed by atoms with Crippen molar-refractivity contribution in [2.75, 3.05) is 15.7 Å². The van der Waals surface area contributed by atoms with Crippen LogP contribution in [0.25, 0.3) is 0 Å². The quantitative estimate of drug-likeness (QED) is 0.597. The fourth-order valence-corrected chi connectivity index (χ4v) is 6.14. The third kappa shape index (κ3) is 3.31. The Kier molecular flexibility index (Phi) is 4.82. The summed E-state index contributed by atoms with van der Waals surface area (Å²) in [6.45, 7) is 2.81. The molecule has 0 aliphatic carbocycles. The molecule has 0 spiro atoms. The highest BCUT2D eigenvalue weighted by molar-refractivity contribution is 7.92. The van der Waals surface area contributed by atoms with E-state index >= 15 is 0 Å². The summed E-state index contributed by atoms with van der Waals surface area (Å²) < 4.78 is 29.3. The second kappa shape index (κ2) is 7.54. The molecule has 0 bridgehead atoms. The van der Waals surface area contributed by atoms with Gasteiger partial charge in [0, 0.05) is 6.54 Å². The maximum Gasteiger partial charge on any atom is 0.264 e. The maximum atomic E-state index is 13.9. The number of para-hydroxylation sites is 1. The molecule has 3 aromatic carbocycles. The Bertz CT molecular complexity index is 1240. The Labute approximate surface area is 183 Å². The van der Waals surface area contributed by atoms with E-state index in [9.17, 15) is 13.2 Å². The maximum absolute atomic E-state index is 13.9. The van der Waals surface area contributed by atoms with Crippen molar-refractivity contribution < 1.29 is 13.2 Å². The van der Waals surface area contributed by atoms with Gasteiger partial charge in [0.2, 0.25) is 5.91 Å². The zero-order valence-corrected chi connectivity index (χ0v) is 18.2. The van der Waals surface area contributed by atoms with Gasteiger partial charge in [0.1, 0.15) is 0 Å². The largest absolute Gasteiger partial charge is 0.311 e. The highest BCUT2D eigenvalue weighted by Crippen LogP contribution is 2.44. The molecule has 2 aliphatic heterocycles. The lowest BCUT2D eigenvalue weighted by atomic mass is 9.97. The number of amides is 1. The first kappa shape index (κ1) is 19.8. The summed E-state index contributed by atoms with van der Waals surface area (Å²) in [5.41, 5.74) is 4.23. The molecule has 158 valence electrons. The summed E-state index contributed by atoms with van der Waals surface area (Å²) in [6.07, 6.45) is 1.63. The van der Waals surface area contributed by atoms with Gasteiger partial charge in [-0.1, -0.05) is 48.5 Å². The SMILES string of the molecule is CC1C(=O)N2CCCc3cc(S(=O)(=O)N(Cc4ccccc4)c4ccccc4)cc1c32. The number of hydrogen-bond acceptors (Lipinski definition) is 3. The monoisotopic (exact) mass is 432 g/mol. The van der Waals surface area contributed by atoms with Gasteiger partial charge in [0.05, 0.1) is 28.7 Å². The van der Waals surface area contributed by atoms with Gasteiger partial charge in [-0.2, -0.15) is 0 Å². The molecule has 3 aromatic rings. The number of nitrogens with zero attached hydrogens (tertiary/aromatic N) is 2. The zero-order valence-electron chi connectivity index (χ0n) is 17.4. The van der Waals surface area contributed by atoms with Crippen LogP contribution < -0.4 is 9.21 Å². The van der Waals surface area contributed by atoms with Gasteiger partial charge in [-0.25, -0.2) is 8.42 Å². The summed E-state index contributed by atoms with van der Waals surface area (Å²) in [6, 6.07) is 22.2. The average molecular weight is 433 g/mol. The van der Waals surface area contributed by atoms with Crippen LogP contribution in [0.3, 0.4) is 0 Å². The summed E-state index contributed by atoms with van der Waals surface area (Å²) in [5, 5.41) is 0. The van der Waals surface area contributed by atoms with Gasteiger partial charge in [-0.15, -0.1) is 0 Å². The van der Waals surface area contributed by atoms with Gasteiger partial charge in [-0.3, -0.25) is 9.10 Å². The van der Waals surface area contributed by atoms with Crippen molar-refractivity contribution in [2.24, 2.45) is 0 Å². The predicted molar refractivity (Wildman–Crippen MR) is 122 cm³/mol. The first-order chi connectivity index (χ1) is 15.0. The van der Waals surface area contributed by atoms with Crippen LogP contribution in [0.4, 0.5) is 11.4 Å². The van der Waals surface area contributed by atoms with E-state index in [2.05, 4.69) is 0 Å². The normalized spacial score (nSPS) is 17.5. The van der Waals surface area contributed by atoms with Gasteiger partial charge in [0.15, 0.2) is 0 Å². The minimum Gasteiger partial charge on any atom is -0.311 e. The molecule has 0 aromatic heterocycles. The molecule has 0 radical (unpaired) electrons. The minimum absolute atomic E-state index is 0.0645. The van der Waals surface area contributed by atoms with E-state index in [0.29, 0.717) is 12.2 Å². The molecule has 0 saturated heterocycles. The van der Waals surface area contributed by atoms with Crippen LogP contribution in [0.2, 0.25) is 0 Å². The summed E-state index contributed by atoms with van der Waals surface area (Å²) in [4.78, 5) is 14.8. The van der Waals surface area contributed by atoms with E-state index in [0.717, 1.165) is 35.2 Å². The second-order valence-corrected chi connectivity index (χ2v) is 10.0. The van der Waals surface area contributed by atoms with Gasteiger partial charge in [-0.05, 0) is 60.7 Å². The van der Waals surface area contributed by atoms with Crippen LogP contribution in [0.15, 0.2) is 77.7 Å². The Morgan fingerprint density at radius 2 is 1.68 bits per heavy atom. The molecular weight excluding hydrogens is 408 g/mol. The van der Waals surface area contributed by atoms with Crippen LogP contribution >= 0.6 is 0 Å². The Morgan fingerprint density at radius 3 is 2.39 bits per heavy atom. The lowest BCUT2D eigenvalue weighted by molar-refractivity contribution is -0.119. The molecule has 0 fully saturated rings. The molecule has 31 heavy (non-hydrogen) atoms. The predicted octanol–water partition coefficient (Wildman–Crippen LogP) is 4.48. The summed E-state index contributed by atoms with van der Waals surface area (Å²) in [5.74, 6) is -0.254. The molecule has 6 heteroatoms. The minimum atomic E-state index is -3.84. The lowest BCUT2D eigenvalue weighted by Crippen LogP contribution is -2.32. The van der Waals surface area contributed by atoms with Gasteiger partial charge >= 0.3 is 0 Å². The van der Waals surface area contributed by atoms with Crippen LogP contribution in [-0.2, 0) is 27.8 Å². The van der Waals surface area contributed by atoms with Crippen molar-refractivity contribution in [1.82, 2.24) is 0 Å². The van der Waals surface area contributed by atoms with Crippen LogP contribution in [0.1, 0.15) is 36.0 Å². The van der Waals surface area contributed by atoms with Crippen molar-refractivity contribution >= 4 is 27.3 Å². The molecule has 2 aliphatic rings. The molecular formula is C25H24N2O3S. The molecule has 1 amide bonds. The van der Waals surface area contributed by atoms with Crippen LogP contribution in [-0.4, -0.2) is 20.9 Å². The standard InChI is InChI=1S/C25H24N2O3S/c1-18-23-16-22(15-20-11-8-14-26(24(20)23)25(18)28)31(29,30)27(21-12-6-3-7-13-21)17-19-9-4-2-5-10-19/h2-7,9-10,12-13,15-16,18H,8,11,14,17H2,1H3. The number of carbonyl (C=O) groups excluding carboxylic acids is 1. The molecule has 1 atom stereocenters. The third-order valence-electron chi connectivity index (χ3n) is 6.19. The van der Waals surface area contributed by atoms with Crippen molar-refractivity contribution in [2.45, 2.75) is 37.1 Å². The first-order valence-electron chi connectivity index (χ1n) is 10.6. The number of aryl methyl sites for hydroxylation is 1. The average Bonchev–Trinajstić information content (AvgIpc) is 3.05. The summed E-state index contributed by atoms with van der Waals surface area (Å²) >= 11 is 0. The van der Waals surface area contributed by atoms with E-state index in [1.54, 1.807) is 12.1 Å². The third-order valence-corrected chi connectivity index (χ3v) is 7.95. The summed E-state index contributed by atoms with van der Waals surface area (Å²) in [7, 11) is -3.84.